The summed E-state index contributed by atoms with van der Waals surface area (Å²) in [4.78, 5) is 11.2. The van der Waals surface area contributed by atoms with Crippen LogP contribution in [-0.2, 0) is 9.53 Å². The first kappa shape index (κ1) is 9.71. The van der Waals surface area contributed by atoms with Gasteiger partial charge < -0.3 is 9.84 Å². The van der Waals surface area contributed by atoms with E-state index in [-0.39, 0.29) is 12.6 Å². The normalized spacial score (nSPS) is 28.8. The van der Waals surface area contributed by atoms with Crippen LogP contribution in [0, 0.1) is 11.8 Å². The summed E-state index contributed by atoms with van der Waals surface area (Å²) >= 11 is 0. The van der Waals surface area contributed by atoms with E-state index < -0.39 is 5.92 Å². The summed E-state index contributed by atoms with van der Waals surface area (Å²) in [6.45, 7) is -0.130. The maximum absolute atomic E-state index is 11.2. The molecule has 0 bridgehead atoms. The molecule has 1 atom stereocenters. The Kier molecular flexibility index (Phi) is 2.87. The summed E-state index contributed by atoms with van der Waals surface area (Å²) in [6, 6.07) is 0. The Morgan fingerprint density at radius 3 is 2.64 bits per heavy atom. The van der Waals surface area contributed by atoms with Gasteiger partial charge in [-0.15, -0.1) is 0 Å². The molecule has 1 fully saturated rings. The topological polar surface area (TPSA) is 46.5 Å². The summed E-state index contributed by atoms with van der Waals surface area (Å²) in [6.07, 6.45) is 7.79. The van der Waals surface area contributed by atoms with Gasteiger partial charge in [-0.2, -0.15) is 0 Å². The van der Waals surface area contributed by atoms with E-state index in [1.54, 1.807) is 6.08 Å². The fourth-order valence-corrected chi connectivity index (χ4v) is 2.23. The summed E-state index contributed by atoms with van der Waals surface area (Å²) in [5, 5.41) is 8.91. The van der Waals surface area contributed by atoms with E-state index in [1.165, 1.54) is 19.3 Å². The molecule has 1 unspecified atom stereocenters. The number of aliphatic hydroxyl groups excluding tert-OH is 1. The molecule has 3 heteroatoms. The molecule has 14 heavy (non-hydrogen) atoms. The molecule has 1 aliphatic carbocycles. The third-order valence-corrected chi connectivity index (χ3v) is 3.09. The number of rotatable bonds is 2. The van der Waals surface area contributed by atoms with Gasteiger partial charge in [-0.25, -0.2) is 0 Å². The Hall–Kier alpha value is -0.830. The third-order valence-electron chi connectivity index (χ3n) is 3.09. The lowest BCUT2D eigenvalue weighted by Gasteiger charge is -2.21. The van der Waals surface area contributed by atoms with Crippen molar-refractivity contribution in [3.63, 3.8) is 0 Å². The van der Waals surface area contributed by atoms with E-state index in [4.69, 9.17) is 9.84 Å². The maximum atomic E-state index is 11.2. The second-order valence-corrected chi connectivity index (χ2v) is 4.11. The third kappa shape index (κ3) is 1.82. The number of hydrogen-bond acceptors (Lipinski definition) is 3. The van der Waals surface area contributed by atoms with E-state index in [9.17, 15) is 4.79 Å². The van der Waals surface area contributed by atoms with Gasteiger partial charge in [0.25, 0.3) is 0 Å². The van der Waals surface area contributed by atoms with Crippen LogP contribution < -0.4 is 0 Å². The van der Waals surface area contributed by atoms with Gasteiger partial charge in [0.15, 0.2) is 0 Å². The van der Waals surface area contributed by atoms with Crippen LogP contribution in [0.3, 0.4) is 0 Å². The van der Waals surface area contributed by atoms with Crippen molar-refractivity contribution in [3.8, 4) is 0 Å². The highest BCUT2D eigenvalue weighted by Crippen LogP contribution is 2.34. The lowest BCUT2D eigenvalue weighted by atomic mass is 9.87. The monoisotopic (exact) mass is 196 g/mol. The lowest BCUT2D eigenvalue weighted by molar-refractivity contribution is -0.141. The SMILES string of the molecule is O=C1OC(C2CCCCC2)=CC1CO. The van der Waals surface area contributed by atoms with Gasteiger partial charge in [-0.3, -0.25) is 4.79 Å². The van der Waals surface area contributed by atoms with Crippen LogP contribution >= 0.6 is 0 Å². The van der Waals surface area contributed by atoms with Crippen molar-refractivity contribution < 1.29 is 14.6 Å². The molecule has 0 aromatic rings. The summed E-state index contributed by atoms with van der Waals surface area (Å²) in [7, 11) is 0. The van der Waals surface area contributed by atoms with Gasteiger partial charge in [-0.1, -0.05) is 19.3 Å². The summed E-state index contributed by atoms with van der Waals surface area (Å²) in [5.74, 6) is 0.540. The summed E-state index contributed by atoms with van der Waals surface area (Å²) in [5.41, 5.74) is 0. The van der Waals surface area contributed by atoms with Crippen LogP contribution in [0.2, 0.25) is 0 Å². The second-order valence-electron chi connectivity index (χ2n) is 4.11. The second kappa shape index (κ2) is 4.13. The van der Waals surface area contributed by atoms with Crippen molar-refractivity contribution in [1.29, 1.82) is 0 Å². The van der Waals surface area contributed by atoms with Crippen molar-refractivity contribution in [1.82, 2.24) is 0 Å². The van der Waals surface area contributed by atoms with E-state index in [2.05, 4.69) is 0 Å². The minimum atomic E-state index is -0.410. The Labute approximate surface area is 83.8 Å². The van der Waals surface area contributed by atoms with Crippen LogP contribution in [-0.4, -0.2) is 17.7 Å². The highest BCUT2D eigenvalue weighted by atomic mass is 16.5. The number of esters is 1. The van der Waals surface area contributed by atoms with Crippen molar-refractivity contribution >= 4 is 5.97 Å². The van der Waals surface area contributed by atoms with Gasteiger partial charge >= 0.3 is 5.97 Å². The molecule has 1 N–H and O–H groups in total. The Morgan fingerprint density at radius 1 is 1.36 bits per heavy atom. The molecule has 0 spiro atoms. The molecular formula is C11H16O3. The number of carbonyl (C=O) groups excluding carboxylic acids is 1. The average Bonchev–Trinajstić information content (AvgIpc) is 2.61. The molecule has 1 heterocycles. The zero-order chi connectivity index (χ0) is 9.97. The molecule has 0 amide bonds. The first-order valence-corrected chi connectivity index (χ1v) is 5.35. The molecule has 1 saturated carbocycles. The van der Waals surface area contributed by atoms with Crippen LogP contribution in [0.1, 0.15) is 32.1 Å². The standard InChI is InChI=1S/C11H16O3/c12-7-9-6-10(14-11(9)13)8-4-2-1-3-5-8/h6,8-9,12H,1-5,7H2. The molecule has 0 aromatic carbocycles. The van der Waals surface area contributed by atoms with Crippen LogP contribution in [0.25, 0.3) is 0 Å². The van der Waals surface area contributed by atoms with Crippen molar-refractivity contribution in [2.24, 2.45) is 11.8 Å². The van der Waals surface area contributed by atoms with E-state index >= 15 is 0 Å². The minimum Gasteiger partial charge on any atom is -0.431 e. The smallest absolute Gasteiger partial charge is 0.320 e. The molecular weight excluding hydrogens is 180 g/mol. The molecule has 0 radical (unpaired) electrons. The van der Waals surface area contributed by atoms with Gasteiger partial charge in [0.05, 0.1) is 6.61 Å². The predicted molar refractivity (Wildman–Crippen MR) is 51.3 cm³/mol. The fourth-order valence-electron chi connectivity index (χ4n) is 2.23. The number of ether oxygens (including phenoxy) is 1. The zero-order valence-electron chi connectivity index (χ0n) is 8.24. The summed E-state index contributed by atoms with van der Waals surface area (Å²) < 4.78 is 5.17. The molecule has 78 valence electrons. The van der Waals surface area contributed by atoms with Gasteiger partial charge in [0.1, 0.15) is 11.7 Å². The first-order valence-electron chi connectivity index (χ1n) is 5.35. The zero-order valence-corrected chi connectivity index (χ0v) is 8.24. The molecule has 0 aromatic heterocycles. The average molecular weight is 196 g/mol. The highest BCUT2D eigenvalue weighted by molar-refractivity contribution is 5.78. The maximum Gasteiger partial charge on any atom is 0.320 e. The molecule has 2 aliphatic rings. The largest absolute Gasteiger partial charge is 0.431 e. The quantitative estimate of drug-likeness (QED) is 0.682. The molecule has 0 saturated heterocycles. The van der Waals surface area contributed by atoms with Gasteiger partial charge in [0, 0.05) is 5.92 Å². The Morgan fingerprint density at radius 2 is 2.07 bits per heavy atom. The van der Waals surface area contributed by atoms with Crippen molar-refractivity contribution in [2.45, 2.75) is 32.1 Å². The molecule has 2 rings (SSSR count). The Balaban J connectivity index is 2.00. The number of carbonyl (C=O) groups is 1. The van der Waals surface area contributed by atoms with E-state index in [1.807, 2.05) is 0 Å². The van der Waals surface area contributed by atoms with Gasteiger partial charge in [-0.05, 0) is 18.9 Å². The predicted octanol–water partition coefficient (Wildman–Crippen LogP) is 1.62. The van der Waals surface area contributed by atoms with Crippen molar-refractivity contribution in [3.05, 3.63) is 11.8 Å². The van der Waals surface area contributed by atoms with Crippen molar-refractivity contribution in [2.75, 3.05) is 6.61 Å². The van der Waals surface area contributed by atoms with Crippen LogP contribution in [0.15, 0.2) is 11.8 Å². The first-order chi connectivity index (χ1) is 6.81. The molecule has 1 aliphatic heterocycles. The number of aliphatic hydroxyl groups is 1. The molecule has 3 nitrogen and oxygen atoms in total. The lowest BCUT2D eigenvalue weighted by Crippen LogP contribution is -2.13. The van der Waals surface area contributed by atoms with Crippen LogP contribution in [0.4, 0.5) is 0 Å². The number of allylic oxidation sites excluding steroid dienone is 1. The number of hydrogen-bond donors (Lipinski definition) is 1. The fraction of sp³-hybridized carbons (Fsp3) is 0.727. The van der Waals surface area contributed by atoms with E-state index in [0.29, 0.717) is 5.92 Å². The minimum absolute atomic E-state index is 0.130. The highest BCUT2D eigenvalue weighted by Gasteiger charge is 2.31. The Bertz CT molecular complexity index is 251. The van der Waals surface area contributed by atoms with E-state index in [0.717, 1.165) is 18.6 Å². The van der Waals surface area contributed by atoms with Gasteiger partial charge in [0.2, 0.25) is 0 Å². The number of cyclic esters (lactones) is 1. The van der Waals surface area contributed by atoms with Crippen LogP contribution in [0.5, 0.6) is 0 Å².